The molecule has 1 aliphatic rings. The number of nitrogens with one attached hydrogen (secondary N) is 1. The van der Waals surface area contributed by atoms with E-state index in [4.69, 9.17) is 0 Å². The highest BCUT2D eigenvalue weighted by Gasteiger charge is 2.13. The number of benzene rings is 1. The van der Waals surface area contributed by atoms with E-state index in [1.54, 1.807) is 0 Å². The monoisotopic (exact) mass is 274 g/mol. The van der Waals surface area contributed by atoms with Gasteiger partial charge in [0.2, 0.25) is 0 Å². The molecule has 0 radical (unpaired) electrons. The van der Waals surface area contributed by atoms with Crippen molar-refractivity contribution in [1.82, 2.24) is 5.32 Å². The number of rotatable bonds is 8. The first-order chi connectivity index (χ1) is 9.92. The highest BCUT2D eigenvalue weighted by Crippen LogP contribution is 2.22. The van der Waals surface area contributed by atoms with Crippen molar-refractivity contribution in [1.29, 1.82) is 0 Å². The number of hydrogen-bond acceptors (Lipinski definition) is 2. The first-order valence-electron chi connectivity index (χ1n) is 8.45. The van der Waals surface area contributed by atoms with Crippen molar-refractivity contribution in [3.05, 3.63) is 29.8 Å². The molecule has 1 aromatic rings. The Morgan fingerprint density at radius 3 is 2.60 bits per heavy atom. The number of para-hydroxylation sites is 1. The Morgan fingerprint density at radius 2 is 1.75 bits per heavy atom. The molecular formula is C18H30N2. The SMILES string of the molecule is CCCCCCCCCN1CCNCc2ccccc21. The zero-order valence-electron chi connectivity index (χ0n) is 13.0. The van der Waals surface area contributed by atoms with Crippen molar-refractivity contribution in [2.24, 2.45) is 0 Å². The largest absolute Gasteiger partial charge is 0.370 e. The average Bonchev–Trinajstić information content (AvgIpc) is 2.69. The number of hydrogen-bond donors (Lipinski definition) is 1. The Kier molecular flexibility index (Phi) is 6.93. The highest BCUT2D eigenvalue weighted by atomic mass is 15.2. The van der Waals surface area contributed by atoms with Crippen molar-refractivity contribution in [2.45, 2.75) is 58.4 Å². The van der Waals surface area contributed by atoms with Crippen LogP contribution in [0.5, 0.6) is 0 Å². The predicted octanol–water partition coefficient (Wildman–Crippen LogP) is 4.35. The van der Waals surface area contributed by atoms with Crippen LogP contribution in [0.25, 0.3) is 0 Å². The van der Waals surface area contributed by atoms with E-state index < -0.39 is 0 Å². The Morgan fingerprint density at radius 1 is 1.00 bits per heavy atom. The smallest absolute Gasteiger partial charge is 0.0412 e. The number of unbranched alkanes of at least 4 members (excludes halogenated alkanes) is 6. The maximum absolute atomic E-state index is 3.52. The molecule has 0 aliphatic carbocycles. The first-order valence-corrected chi connectivity index (χ1v) is 8.45. The molecule has 1 N–H and O–H groups in total. The van der Waals surface area contributed by atoms with Crippen LogP contribution in [0.1, 0.15) is 57.4 Å². The predicted molar refractivity (Wildman–Crippen MR) is 88.4 cm³/mol. The van der Waals surface area contributed by atoms with Crippen LogP contribution in [-0.2, 0) is 6.54 Å². The minimum atomic E-state index is 1.02. The fourth-order valence-electron chi connectivity index (χ4n) is 3.02. The molecule has 1 heterocycles. The van der Waals surface area contributed by atoms with Crippen LogP contribution in [-0.4, -0.2) is 19.6 Å². The molecule has 0 atom stereocenters. The van der Waals surface area contributed by atoms with Crippen LogP contribution in [0.4, 0.5) is 5.69 Å². The third-order valence-electron chi connectivity index (χ3n) is 4.24. The summed E-state index contributed by atoms with van der Waals surface area (Å²) in [6.07, 6.45) is 9.73. The first kappa shape index (κ1) is 15.4. The van der Waals surface area contributed by atoms with Gasteiger partial charge < -0.3 is 10.2 Å². The second-order valence-corrected chi connectivity index (χ2v) is 5.91. The van der Waals surface area contributed by atoms with Crippen LogP contribution in [0.2, 0.25) is 0 Å². The molecule has 0 amide bonds. The van der Waals surface area contributed by atoms with Crippen LogP contribution >= 0.6 is 0 Å². The third-order valence-corrected chi connectivity index (χ3v) is 4.24. The van der Waals surface area contributed by atoms with E-state index in [-0.39, 0.29) is 0 Å². The molecule has 1 aliphatic heterocycles. The maximum Gasteiger partial charge on any atom is 0.0412 e. The van der Waals surface area contributed by atoms with E-state index in [1.165, 1.54) is 62.7 Å². The Hall–Kier alpha value is -1.02. The molecule has 2 nitrogen and oxygen atoms in total. The zero-order valence-corrected chi connectivity index (χ0v) is 13.0. The Balaban J connectivity index is 1.72. The molecule has 0 saturated carbocycles. The lowest BCUT2D eigenvalue weighted by molar-refractivity contribution is 0.581. The van der Waals surface area contributed by atoms with E-state index in [0.29, 0.717) is 0 Å². The standard InChI is InChI=1S/C18H30N2/c1-2-3-4-5-6-7-10-14-20-15-13-19-16-17-11-8-9-12-18(17)20/h8-9,11-12,19H,2-7,10,13-16H2,1H3. The summed E-state index contributed by atoms with van der Waals surface area (Å²) in [6, 6.07) is 8.86. The van der Waals surface area contributed by atoms with Gasteiger partial charge in [-0.3, -0.25) is 0 Å². The summed E-state index contributed by atoms with van der Waals surface area (Å²) in [5.41, 5.74) is 2.90. The lowest BCUT2D eigenvalue weighted by Crippen LogP contribution is -2.29. The van der Waals surface area contributed by atoms with E-state index in [1.807, 2.05) is 0 Å². The van der Waals surface area contributed by atoms with Crippen molar-refractivity contribution in [3.63, 3.8) is 0 Å². The van der Waals surface area contributed by atoms with Gasteiger partial charge >= 0.3 is 0 Å². The highest BCUT2D eigenvalue weighted by molar-refractivity contribution is 5.54. The van der Waals surface area contributed by atoms with Crippen LogP contribution in [0.3, 0.4) is 0 Å². The van der Waals surface area contributed by atoms with Crippen LogP contribution < -0.4 is 10.2 Å². The zero-order chi connectivity index (χ0) is 14.0. The number of anilines is 1. The van der Waals surface area contributed by atoms with Gasteiger partial charge in [0.15, 0.2) is 0 Å². The van der Waals surface area contributed by atoms with E-state index in [9.17, 15) is 0 Å². The van der Waals surface area contributed by atoms with Crippen molar-refractivity contribution >= 4 is 5.69 Å². The molecule has 0 aromatic heterocycles. The van der Waals surface area contributed by atoms with Gasteiger partial charge in [-0.1, -0.05) is 63.6 Å². The van der Waals surface area contributed by atoms with E-state index in [0.717, 1.165) is 19.6 Å². The molecule has 0 unspecified atom stereocenters. The summed E-state index contributed by atoms with van der Waals surface area (Å²) >= 11 is 0. The molecule has 1 aromatic carbocycles. The molecule has 0 spiro atoms. The summed E-state index contributed by atoms with van der Waals surface area (Å²) in [5, 5.41) is 3.52. The molecule has 2 rings (SSSR count). The molecule has 0 saturated heterocycles. The van der Waals surface area contributed by atoms with Gasteiger partial charge in [0.25, 0.3) is 0 Å². The topological polar surface area (TPSA) is 15.3 Å². The third kappa shape index (κ3) is 4.82. The van der Waals surface area contributed by atoms with Gasteiger partial charge in [-0.25, -0.2) is 0 Å². The molecule has 0 bridgehead atoms. The molecular weight excluding hydrogens is 244 g/mol. The number of fused-ring (bicyclic) bond motifs is 1. The molecule has 112 valence electrons. The average molecular weight is 274 g/mol. The summed E-state index contributed by atoms with van der Waals surface area (Å²) in [4.78, 5) is 2.57. The lowest BCUT2D eigenvalue weighted by Gasteiger charge is -2.24. The van der Waals surface area contributed by atoms with Crippen molar-refractivity contribution in [3.8, 4) is 0 Å². The molecule has 2 heteroatoms. The van der Waals surface area contributed by atoms with E-state index >= 15 is 0 Å². The number of nitrogens with zero attached hydrogens (tertiary/aromatic N) is 1. The van der Waals surface area contributed by atoms with Crippen LogP contribution in [0, 0.1) is 0 Å². The van der Waals surface area contributed by atoms with Gasteiger partial charge in [0.1, 0.15) is 0 Å². The van der Waals surface area contributed by atoms with Crippen molar-refractivity contribution < 1.29 is 0 Å². The summed E-state index contributed by atoms with van der Waals surface area (Å²) in [7, 11) is 0. The van der Waals surface area contributed by atoms with Crippen LogP contribution in [0.15, 0.2) is 24.3 Å². The van der Waals surface area contributed by atoms with Gasteiger partial charge in [0, 0.05) is 31.9 Å². The van der Waals surface area contributed by atoms with Gasteiger partial charge in [-0.15, -0.1) is 0 Å². The van der Waals surface area contributed by atoms with Gasteiger partial charge in [-0.05, 0) is 18.1 Å². The van der Waals surface area contributed by atoms with Crippen molar-refractivity contribution in [2.75, 3.05) is 24.5 Å². The molecule has 20 heavy (non-hydrogen) atoms. The fraction of sp³-hybridized carbons (Fsp3) is 0.667. The minimum Gasteiger partial charge on any atom is -0.370 e. The molecule has 0 fully saturated rings. The van der Waals surface area contributed by atoms with Gasteiger partial charge in [-0.2, -0.15) is 0 Å². The summed E-state index contributed by atoms with van der Waals surface area (Å²) in [5.74, 6) is 0. The van der Waals surface area contributed by atoms with E-state index in [2.05, 4.69) is 41.4 Å². The Labute approximate surface area is 124 Å². The van der Waals surface area contributed by atoms with Gasteiger partial charge in [0.05, 0.1) is 0 Å². The lowest BCUT2D eigenvalue weighted by atomic mass is 10.1. The fourth-order valence-corrected chi connectivity index (χ4v) is 3.02. The Bertz CT molecular complexity index is 375. The summed E-state index contributed by atoms with van der Waals surface area (Å²) in [6.45, 7) is 6.76. The normalized spacial score (nSPS) is 14.9. The minimum absolute atomic E-state index is 1.02. The second-order valence-electron chi connectivity index (χ2n) is 5.91. The second kappa shape index (κ2) is 9.02. The summed E-state index contributed by atoms with van der Waals surface area (Å²) < 4.78 is 0. The quantitative estimate of drug-likeness (QED) is 0.709. The maximum atomic E-state index is 3.52.